The molecule has 1 aliphatic rings. The van der Waals surface area contributed by atoms with Crippen LogP contribution in [0, 0.1) is 5.41 Å². The summed E-state index contributed by atoms with van der Waals surface area (Å²) in [6, 6.07) is 17.4. The number of fused-ring (bicyclic) bond motifs is 1. The number of amides is 2. The smallest absolute Gasteiger partial charge is 0.242 e. The number of carbonyl (C=O) groups excluding carboxylic acids is 2. The SMILES string of the molecule is CCN1C(=O)C(C)(C)C(=O)N(C)c2cc(CCN(CCc3cccnc3)Cc3ccccc3NS(C)(=O)=O)ccc21. The number of hydrogen-bond donors (Lipinski definition) is 1. The van der Waals surface area contributed by atoms with Crippen molar-refractivity contribution in [2.75, 3.05) is 47.5 Å². The molecule has 2 aromatic carbocycles. The number of anilines is 3. The summed E-state index contributed by atoms with van der Waals surface area (Å²) in [5.41, 5.74) is 3.92. The van der Waals surface area contributed by atoms with E-state index in [4.69, 9.17) is 0 Å². The third-order valence-electron chi connectivity index (χ3n) is 7.49. The Morgan fingerprint density at radius 1 is 0.927 bits per heavy atom. The fraction of sp³-hybridized carbons (Fsp3) is 0.387. The molecular formula is C31H39N5O4S. The highest BCUT2D eigenvalue weighted by atomic mass is 32.2. The lowest BCUT2D eigenvalue weighted by Crippen LogP contribution is -2.47. The van der Waals surface area contributed by atoms with E-state index in [0.29, 0.717) is 31.7 Å². The van der Waals surface area contributed by atoms with Gasteiger partial charge in [0.15, 0.2) is 0 Å². The molecule has 1 N–H and O–H groups in total. The minimum Gasteiger partial charge on any atom is -0.313 e. The first-order valence-electron chi connectivity index (χ1n) is 13.8. The number of para-hydroxylation sites is 1. The van der Waals surface area contributed by atoms with Crippen LogP contribution in [0.4, 0.5) is 17.1 Å². The molecule has 2 heterocycles. The van der Waals surface area contributed by atoms with Crippen LogP contribution >= 0.6 is 0 Å². The second kappa shape index (κ2) is 12.4. The van der Waals surface area contributed by atoms with Crippen LogP contribution in [0.15, 0.2) is 67.0 Å². The van der Waals surface area contributed by atoms with Crippen LogP contribution in [0.5, 0.6) is 0 Å². The summed E-state index contributed by atoms with van der Waals surface area (Å²) in [6.07, 6.45) is 6.26. The van der Waals surface area contributed by atoms with Crippen molar-refractivity contribution in [3.63, 3.8) is 0 Å². The van der Waals surface area contributed by atoms with E-state index in [1.54, 1.807) is 43.0 Å². The van der Waals surface area contributed by atoms with E-state index >= 15 is 0 Å². The Hall–Kier alpha value is -3.76. The van der Waals surface area contributed by atoms with Gasteiger partial charge in [0, 0.05) is 45.6 Å². The third-order valence-corrected chi connectivity index (χ3v) is 8.08. The van der Waals surface area contributed by atoms with Gasteiger partial charge in [0.2, 0.25) is 21.8 Å². The molecule has 3 aromatic rings. The molecule has 10 heteroatoms. The summed E-state index contributed by atoms with van der Waals surface area (Å²) >= 11 is 0. The fourth-order valence-corrected chi connectivity index (χ4v) is 5.79. The lowest BCUT2D eigenvalue weighted by molar-refractivity contribution is -0.137. The predicted molar refractivity (Wildman–Crippen MR) is 163 cm³/mol. The number of sulfonamides is 1. The minimum absolute atomic E-state index is 0.203. The zero-order valence-electron chi connectivity index (χ0n) is 24.4. The fourth-order valence-electron chi connectivity index (χ4n) is 5.19. The van der Waals surface area contributed by atoms with E-state index in [-0.39, 0.29) is 11.8 Å². The monoisotopic (exact) mass is 577 g/mol. The molecular weight excluding hydrogens is 538 g/mol. The number of carbonyl (C=O) groups is 2. The van der Waals surface area contributed by atoms with Crippen molar-refractivity contribution in [3.05, 3.63) is 83.7 Å². The van der Waals surface area contributed by atoms with Crippen LogP contribution in [0.25, 0.3) is 0 Å². The van der Waals surface area contributed by atoms with E-state index < -0.39 is 15.4 Å². The third kappa shape index (κ3) is 7.12. The molecule has 0 bridgehead atoms. The van der Waals surface area contributed by atoms with Gasteiger partial charge >= 0.3 is 0 Å². The number of pyridine rings is 1. The maximum absolute atomic E-state index is 13.2. The molecule has 0 spiro atoms. The molecule has 0 fully saturated rings. The number of rotatable bonds is 11. The van der Waals surface area contributed by atoms with Crippen LogP contribution < -0.4 is 14.5 Å². The highest BCUT2D eigenvalue weighted by Crippen LogP contribution is 2.38. The maximum atomic E-state index is 13.2. The molecule has 1 aromatic heterocycles. The molecule has 0 radical (unpaired) electrons. The van der Waals surface area contributed by atoms with Crippen LogP contribution in [-0.4, -0.2) is 63.1 Å². The van der Waals surface area contributed by atoms with Crippen LogP contribution in [0.2, 0.25) is 0 Å². The first kappa shape index (κ1) is 30.2. The van der Waals surface area contributed by atoms with Crippen molar-refractivity contribution in [1.82, 2.24) is 9.88 Å². The molecule has 0 saturated heterocycles. The van der Waals surface area contributed by atoms with E-state index in [1.165, 1.54) is 0 Å². The van der Waals surface area contributed by atoms with Crippen molar-refractivity contribution < 1.29 is 18.0 Å². The van der Waals surface area contributed by atoms with Crippen LogP contribution in [0.1, 0.15) is 37.5 Å². The summed E-state index contributed by atoms with van der Waals surface area (Å²) in [5.74, 6) is -0.434. The van der Waals surface area contributed by atoms with Gasteiger partial charge in [-0.15, -0.1) is 0 Å². The van der Waals surface area contributed by atoms with Gasteiger partial charge in [-0.1, -0.05) is 30.3 Å². The Bertz CT molecular complexity index is 1510. The van der Waals surface area contributed by atoms with E-state index in [2.05, 4.69) is 14.6 Å². The minimum atomic E-state index is -3.42. The Morgan fingerprint density at radius 2 is 1.63 bits per heavy atom. The first-order chi connectivity index (χ1) is 19.4. The summed E-state index contributed by atoms with van der Waals surface area (Å²) < 4.78 is 26.6. The largest absolute Gasteiger partial charge is 0.313 e. The zero-order valence-corrected chi connectivity index (χ0v) is 25.2. The van der Waals surface area contributed by atoms with Crippen molar-refractivity contribution in [3.8, 4) is 0 Å². The van der Waals surface area contributed by atoms with Gasteiger partial charge in [-0.05, 0) is 74.6 Å². The highest BCUT2D eigenvalue weighted by Gasteiger charge is 2.45. The number of benzene rings is 2. The van der Waals surface area contributed by atoms with Gasteiger partial charge in [-0.25, -0.2) is 8.42 Å². The topological polar surface area (TPSA) is 103 Å². The molecule has 0 saturated carbocycles. The lowest BCUT2D eigenvalue weighted by atomic mass is 9.90. The first-order valence-corrected chi connectivity index (χ1v) is 15.7. The molecule has 0 atom stereocenters. The predicted octanol–water partition coefficient (Wildman–Crippen LogP) is 4.10. The second-order valence-electron chi connectivity index (χ2n) is 11.0. The van der Waals surface area contributed by atoms with Crippen LogP contribution in [-0.2, 0) is 39.0 Å². The number of nitrogens with one attached hydrogen (secondary N) is 1. The van der Waals surface area contributed by atoms with Crippen molar-refractivity contribution >= 4 is 38.9 Å². The number of hydrogen-bond acceptors (Lipinski definition) is 6. The van der Waals surface area contributed by atoms with Crippen molar-refractivity contribution in [2.45, 2.75) is 40.2 Å². The van der Waals surface area contributed by atoms with Gasteiger partial charge < -0.3 is 9.80 Å². The Balaban J connectivity index is 1.59. The lowest BCUT2D eigenvalue weighted by Gasteiger charge is -2.27. The van der Waals surface area contributed by atoms with Gasteiger partial charge in [-0.2, -0.15) is 0 Å². The van der Waals surface area contributed by atoms with Crippen molar-refractivity contribution in [2.24, 2.45) is 5.41 Å². The summed E-state index contributed by atoms with van der Waals surface area (Å²) in [6.45, 7) is 7.74. The number of nitrogens with zero attached hydrogens (tertiary/aromatic N) is 4. The van der Waals surface area contributed by atoms with E-state index in [0.717, 1.165) is 47.3 Å². The Labute approximate surface area is 243 Å². The Kier molecular flexibility index (Phi) is 9.14. The molecule has 4 rings (SSSR count). The molecule has 9 nitrogen and oxygen atoms in total. The molecule has 2 amide bonds. The zero-order chi connectivity index (χ0) is 29.8. The Morgan fingerprint density at radius 3 is 2.29 bits per heavy atom. The molecule has 1 aliphatic heterocycles. The van der Waals surface area contributed by atoms with Crippen molar-refractivity contribution in [1.29, 1.82) is 0 Å². The molecule has 0 unspecified atom stereocenters. The van der Waals surface area contributed by atoms with Crippen LogP contribution in [0.3, 0.4) is 0 Å². The second-order valence-corrected chi connectivity index (χ2v) is 12.8. The maximum Gasteiger partial charge on any atom is 0.242 e. The quantitative estimate of drug-likeness (QED) is 0.345. The summed E-state index contributed by atoms with van der Waals surface area (Å²) in [4.78, 5) is 36.3. The summed E-state index contributed by atoms with van der Waals surface area (Å²) in [5, 5.41) is 0. The van der Waals surface area contributed by atoms with Gasteiger partial charge in [0.05, 0.1) is 23.3 Å². The van der Waals surface area contributed by atoms with E-state index in [1.807, 2.05) is 61.7 Å². The van der Waals surface area contributed by atoms with Gasteiger partial charge in [0.25, 0.3) is 0 Å². The highest BCUT2D eigenvalue weighted by molar-refractivity contribution is 7.92. The molecule has 41 heavy (non-hydrogen) atoms. The molecule has 218 valence electrons. The number of aromatic nitrogens is 1. The average molecular weight is 578 g/mol. The van der Waals surface area contributed by atoms with Gasteiger partial charge in [-0.3, -0.25) is 24.2 Å². The van der Waals surface area contributed by atoms with E-state index in [9.17, 15) is 18.0 Å². The standard InChI is InChI=1S/C31H39N5O4S/c1-6-36-27-14-13-23(20-28(27)34(4)29(37)31(2,3)30(36)38)15-18-35(19-16-24-10-9-17-32-21-24)22-25-11-7-8-12-26(25)33-41(5,39)40/h7-14,17,20-21,33H,6,15-16,18-19,22H2,1-5H3. The normalized spacial score (nSPS) is 15.2. The molecule has 0 aliphatic carbocycles. The average Bonchev–Trinajstić information content (AvgIpc) is 2.99. The van der Waals surface area contributed by atoms with Gasteiger partial charge in [0.1, 0.15) is 5.41 Å². The summed E-state index contributed by atoms with van der Waals surface area (Å²) in [7, 11) is -1.70.